The summed E-state index contributed by atoms with van der Waals surface area (Å²) in [5.74, 6) is 2.08. The minimum absolute atomic E-state index is 0.0301. The second-order valence-electron chi connectivity index (χ2n) is 7.40. The van der Waals surface area contributed by atoms with Crippen molar-refractivity contribution in [3.63, 3.8) is 0 Å². The minimum atomic E-state index is -0.0383. The van der Waals surface area contributed by atoms with Crippen LogP contribution in [0.4, 0.5) is 0 Å². The Hall–Kier alpha value is -1.43. The smallest absolute Gasteiger partial charge is 0.230 e. The number of thioether (sulfide) groups is 1. The van der Waals surface area contributed by atoms with Crippen LogP contribution in [-0.4, -0.2) is 33.5 Å². The van der Waals surface area contributed by atoms with Gasteiger partial charge in [-0.05, 0) is 45.4 Å². The van der Waals surface area contributed by atoms with E-state index in [0.29, 0.717) is 28.2 Å². The van der Waals surface area contributed by atoms with Gasteiger partial charge in [-0.1, -0.05) is 31.5 Å². The maximum absolute atomic E-state index is 12.4. The number of amides is 1. The molecular formula is C19H27N3O2S. The lowest BCUT2D eigenvalue weighted by atomic mass is 9.86. The zero-order valence-electron chi connectivity index (χ0n) is 15.3. The molecule has 0 radical (unpaired) electrons. The fourth-order valence-electron chi connectivity index (χ4n) is 3.51. The summed E-state index contributed by atoms with van der Waals surface area (Å²) >= 11 is 1.36. The third-order valence-electron chi connectivity index (χ3n) is 5.17. The van der Waals surface area contributed by atoms with Gasteiger partial charge in [0.15, 0.2) is 5.78 Å². The number of aromatic nitrogens is 2. The number of carbonyl (C=O) groups excluding carboxylic acids is 2. The van der Waals surface area contributed by atoms with Crippen LogP contribution in [0.2, 0.25) is 0 Å². The average Bonchev–Trinajstić information content (AvgIpc) is 3.39. The first-order valence-electron chi connectivity index (χ1n) is 9.27. The summed E-state index contributed by atoms with van der Waals surface area (Å²) in [5.41, 5.74) is 1.29. The van der Waals surface area contributed by atoms with E-state index >= 15 is 0 Å². The number of hydrogen-bond donors (Lipinski definition) is 1. The largest absolute Gasteiger partial charge is 0.352 e. The summed E-state index contributed by atoms with van der Waals surface area (Å²) in [6.07, 6.45) is 6.92. The van der Waals surface area contributed by atoms with Gasteiger partial charge in [0.25, 0.3) is 0 Å². The van der Waals surface area contributed by atoms with E-state index in [2.05, 4.69) is 22.2 Å². The van der Waals surface area contributed by atoms with Gasteiger partial charge in [-0.15, -0.1) is 0 Å². The number of aryl methyl sites for hydroxylation is 1. The number of ketones is 1. The Kier molecular flexibility index (Phi) is 5.77. The Bertz CT molecular complexity index is 673. The molecule has 0 unspecified atom stereocenters. The Morgan fingerprint density at radius 3 is 2.52 bits per heavy atom. The van der Waals surface area contributed by atoms with Crippen molar-refractivity contribution in [3.8, 4) is 0 Å². The molecule has 0 aliphatic heterocycles. The number of hydrogen-bond acceptors (Lipinski definition) is 5. The molecule has 1 heterocycles. The lowest BCUT2D eigenvalue weighted by molar-refractivity contribution is -0.119. The highest BCUT2D eigenvalue weighted by atomic mass is 32.2. The first-order chi connectivity index (χ1) is 12.0. The summed E-state index contributed by atoms with van der Waals surface area (Å²) in [6.45, 7) is 5.61. The van der Waals surface area contributed by atoms with E-state index < -0.39 is 0 Å². The van der Waals surface area contributed by atoms with E-state index in [4.69, 9.17) is 0 Å². The quantitative estimate of drug-likeness (QED) is 0.476. The monoisotopic (exact) mass is 361 g/mol. The molecule has 136 valence electrons. The first kappa shape index (κ1) is 18.4. The molecule has 25 heavy (non-hydrogen) atoms. The molecule has 0 aromatic carbocycles. The zero-order chi connectivity index (χ0) is 18.0. The van der Waals surface area contributed by atoms with Crippen LogP contribution in [-0.2, 0) is 4.79 Å². The van der Waals surface area contributed by atoms with Crippen LogP contribution in [0.15, 0.2) is 5.03 Å². The SMILES string of the molecule is CC(=O)c1c(C)nc(C2CC2)nc1SCC(=O)N[C@H]1CCCC[C@H]1C. The molecule has 2 saturated carbocycles. The van der Waals surface area contributed by atoms with Gasteiger partial charge in [-0.3, -0.25) is 9.59 Å². The lowest BCUT2D eigenvalue weighted by Gasteiger charge is -2.29. The summed E-state index contributed by atoms with van der Waals surface area (Å²) in [4.78, 5) is 33.5. The molecule has 2 atom stereocenters. The molecule has 2 fully saturated rings. The van der Waals surface area contributed by atoms with Crippen molar-refractivity contribution >= 4 is 23.5 Å². The number of nitrogens with one attached hydrogen (secondary N) is 1. The molecule has 6 heteroatoms. The van der Waals surface area contributed by atoms with E-state index in [-0.39, 0.29) is 17.7 Å². The van der Waals surface area contributed by atoms with Crippen LogP contribution < -0.4 is 5.32 Å². The van der Waals surface area contributed by atoms with Crippen molar-refractivity contribution in [1.29, 1.82) is 0 Å². The summed E-state index contributed by atoms with van der Waals surface area (Å²) in [5, 5.41) is 3.82. The predicted octanol–water partition coefficient (Wildman–Crippen LogP) is 3.65. The molecule has 0 bridgehead atoms. The van der Waals surface area contributed by atoms with E-state index in [1.165, 1.54) is 37.9 Å². The van der Waals surface area contributed by atoms with Gasteiger partial charge in [-0.2, -0.15) is 0 Å². The third-order valence-corrected chi connectivity index (χ3v) is 6.14. The Balaban J connectivity index is 1.67. The Morgan fingerprint density at radius 1 is 1.16 bits per heavy atom. The van der Waals surface area contributed by atoms with Crippen LogP contribution in [0.5, 0.6) is 0 Å². The average molecular weight is 362 g/mol. The minimum Gasteiger partial charge on any atom is -0.352 e. The number of carbonyl (C=O) groups is 2. The molecule has 1 N–H and O–H groups in total. The van der Waals surface area contributed by atoms with Gasteiger partial charge < -0.3 is 5.32 Å². The molecule has 5 nitrogen and oxygen atoms in total. The van der Waals surface area contributed by atoms with Gasteiger partial charge in [0, 0.05) is 12.0 Å². The van der Waals surface area contributed by atoms with Crippen molar-refractivity contribution in [2.45, 2.75) is 76.3 Å². The van der Waals surface area contributed by atoms with Crippen LogP contribution in [0.1, 0.15) is 80.2 Å². The number of nitrogens with zero attached hydrogens (tertiary/aromatic N) is 2. The molecular weight excluding hydrogens is 334 g/mol. The maximum atomic E-state index is 12.4. The summed E-state index contributed by atoms with van der Waals surface area (Å²) in [6, 6.07) is 0.281. The van der Waals surface area contributed by atoms with E-state index in [9.17, 15) is 9.59 Å². The highest BCUT2D eigenvalue weighted by molar-refractivity contribution is 8.00. The van der Waals surface area contributed by atoms with Gasteiger partial charge >= 0.3 is 0 Å². The van der Waals surface area contributed by atoms with Crippen molar-refractivity contribution in [3.05, 3.63) is 17.1 Å². The standard InChI is InChI=1S/C19H27N3O2S/c1-11-6-4-5-7-15(11)21-16(24)10-25-19-17(13(3)23)12(2)20-18(22-19)14-8-9-14/h11,14-15H,4-10H2,1-3H3,(H,21,24)/t11-,15+/m1/s1. The van der Waals surface area contributed by atoms with E-state index in [1.54, 1.807) is 0 Å². The van der Waals surface area contributed by atoms with Gasteiger partial charge in [0.2, 0.25) is 5.91 Å². The van der Waals surface area contributed by atoms with Crippen LogP contribution in [0.3, 0.4) is 0 Å². The normalized spacial score (nSPS) is 23.3. The van der Waals surface area contributed by atoms with Crippen LogP contribution >= 0.6 is 11.8 Å². The maximum Gasteiger partial charge on any atom is 0.230 e. The van der Waals surface area contributed by atoms with Gasteiger partial charge in [0.05, 0.1) is 17.0 Å². The topological polar surface area (TPSA) is 72.0 Å². The Morgan fingerprint density at radius 2 is 1.88 bits per heavy atom. The van der Waals surface area contributed by atoms with Gasteiger partial charge in [0.1, 0.15) is 10.9 Å². The third kappa shape index (κ3) is 4.60. The lowest BCUT2D eigenvalue weighted by Crippen LogP contribution is -2.41. The van der Waals surface area contributed by atoms with Crippen LogP contribution in [0, 0.1) is 12.8 Å². The Labute approximate surface area is 153 Å². The van der Waals surface area contributed by atoms with Gasteiger partial charge in [-0.25, -0.2) is 9.97 Å². The van der Waals surface area contributed by atoms with Crippen molar-refractivity contribution < 1.29 is 9.59 Å². The molecule has 1 aromatic rings. The predicted molar refractivity (Wildman–Crippen MR) is 99.0 cm³/mol. The summed E-state index contributed by atoms with van der Waals surface area (Å²) in [7, 11) is 0. The highest BCUT2D eigenvalue weighted by Crippen LogP contribution is 2.39. The van der Waals surface area contributed by atoms with Crippen molar-refractivity contribution in [1.82, 2.24) is 15.3 Å². The highest BCUT2D eigenvalue weighted by Gasteiger charge is 2.29. The zero-order valence-corrected chi connectivity index (χ0v) is 16.1. The second kappa shape index (κ2) is 7.85. The molecule has 1 amide bonds. The molecule has 3 rings (SSSR count). The fraction of sp³-hybridized carbons (Fsp3) is 0.684. The molecule has 0 saturated heterocycles. The molecule has 0 spiro atoms. The second-order valence-corrected chi connectivity index (χ2v) is 8.37. The molecule has 1 aromatic heterocycles. The molecule has 2 aliphatic carbocycles. The van der Waals surface area contributed by atoms with Crippen LogP contribution in [0.25, 0.3) is 0 Å². The number of rotatable bonds is 6. The van der Waals surface area contributed by atoms with Crippen molar-refractivity contribution in [2.75, 3.05) is 5.75 Å². The fourth-order valence-corrected chi connectivity index (χ4v) is 4.46. The van der Waals surface area contributed by atoms with Crippen molar-refractivity contribution in [2.24, 2.45) is 5.92 Å². The van der Waals surface area contributed by atoms with E-state index in [1.807, 2.05) is 6.92 Å². The van der Waals surface area contributed by atoms with E-state index in [0.717, 1.165) is 30.8 Å². The summed E-state index contributed by atoms with van der Waals surface area (Å²) < 4.78 is 0. The number of Topliss-reactive ketones (excluding diaryl/α,β-unsaturated/α-hetero) is 1. The molecule has 2 aliphatic rings. The first-order valence-corrected chi connectivity index (χ1v) is 10.3.